The molecule has 2 bridgehead atoms. The number of ether oxygens (including phenoxy) is 2. The van der Waals surface area contributed by atoms with Gasteiger partial charge in [0, 0.05) is 18.4 Å². The Hall–Kier alpha value is -1.92. The monoisotopic (exact) mass is 390 g/mol. The summed E-state index contributed by atoms with van der Waals surface area (Å²) in [5.41, 5.74) is 1.94. The van der Waals surface area contributed by atoms with E-state index < -0.39 is 11.7 Å². The van der Waals surface area contributed by atoms with Crippen molar-refractivity contribution in [2.24, 2.45) is 5.92 Å². The van der Waals surface area contributed by atoms with E-state index in [0.717, 1.165) is 24.0 Å². The summed E-state index contributed by atoms with van der Waals surface area (Å²) in [6.45, 7) is 11.3. The van der Waals surface area contributed by atoms with E-state index in [1.807, 2.05) is 26.8 Å². The molecule has 5 atom stereocenters. The Morgan fingerprint density at radius 3 is 2.71 bits per heavy atom. The fourth-order valence-corrected chi connectivity index (χ4v) is 4.11. The molecule has 3 aliphatic heterocycles. The molecule has 2 saturated heterocycles. The van der Waals surface area contributed by atoms with Crippen molar-refractivity contribution < 1.29 is 28.8 Å². The third-order valence-corrected chi connectivity index (χ3v) is 6.05. The van der Waals surface area contributed by atoms with Gasteiger partial charge in [0.25, 0.3) is 0 Å². The lowest BCUT2D eigenvalue weighted by atomic mass is 9.85. The van der Waals surface area contributed by atoms with Crippen LogP contribution in [0.4, 0.5) is 0 Å². The second-order valence-corrected chi connectivity index (χ2v) is 8.35. The normalized spacial score (nSPS) is 36.7. The zero-order valence-corrected chi connectivity index (χ0v) is 17.2. The fraction of sp³-hybridized carbons (Fsp3) is 0.636. The second-order valence-electron chi connectivity index (χ2n) is 8.35. The number of allylic oxidation sites excluding steroid dienone is 2. The molecule has 4 aliphatic rings. The smallest absolute Gasteiger partial charge is 0.334 e. The van der Waals surface area contributed by atoms with Crippen molar-refractivity contribution in [3.8, 4) is 0 Å². The molecular formula is C22H30O6. The van der Waals surface area contributed by atoms with Gasteiger partial charge in [-0.25, -0.2) is 14.6 Å². The molecule has 4 rings (SSSR count). The Balaban J connectivity index is 1.91. The number of carbonyl (C=O) groups excluding carboxylic acids is 2. The summed E-state index contributed by atoms with van der Waals surface area (Å²) < 4.78 is 11.1. The fourth-order valence-electron chi connectivity index (χ4n) is 4.11. The van der Waals surface area contributed by atoms with Crippen molar-refractivity contribution in [3.05, 3.63) is 35.5 Å². The van der Waals surface area contributed by atoms with Crippen molar-refractivity contribution in [1.82, 2.24) is 0 Å². The van der Waals surface area contributed by atoms with Crippen LogP contribution >= 0.6 is 0 Å². The number of fused-ring (bicyclic) bond motifs is 6. The van der Waals surface area contributed by atoms with Crippen LogP contribution in [0, 0.1) is 5.92 Å². The lowest BCUT2D eigenvalue weighted by Crippen LogP contribution is -2.49. The third kappa shape index (κ3) is 4.39. The first-order chi connectivity index (χ1) is 13.2. The summed E-state index contributed by atoms with van der Waals surface area (Å²) in [5, 5.41) is 0. The molecule has 0 unspecified atom stereocenters. The second kappa shape index (κ2) is 8.21. The molecule has 0 saturated carbocycles. The van der Waals surface area contributed by atoms with Crippen molar-refractivity contribution in [2.45, 2.75) is 83.7 Å². The molecule has 0 aromatic rings. The van der Waals surface area contributed by atoms with E-state index in [1.165, 1.54) is 6.92 Å². The van der Waals surface area contributed by atoms with Gasteiger partial charge in [0.2, 0.25) is 0 Å². The molecule has 0 amide bonds. The number of esters is 2. The van der Waals surface area contributed by atoms with Crippen molar-refractivity contribution in [3.63, 3.8) is 0 Å². The minimum atomic E-state index is -0.691. The zero-order valence-electron chi connectivity index (χ0n) is 17.2. The lowest BCUT2D eigenvalue weighted by molar-refractivity contribution is -0.412. The van der Waals surface area contributed by atoms with E-state index in [0.29, 0.717) is 24.8 Å². The van der Waals surface area contributed by atoms with Gasteiger partial charge in [0.15, 0.2) is 0 Å². The molecule has 0 aromatic heterocycles. The molecular weight excluding hydrogens is 360 g/mol. The standard InChI is InChI=1S/C22H30O6/c1-13-6-9-20(25-16(4)23)22(5)11-10-18(27-28-22)14(2)7-8-17-15(3)21(24)26-19(17)12-13/h7,12,17-20H,3,6,8-11H2,1-2,4-5H3/t17-,18-,19-,20-,22+/m0/s1. The summed E-state index contributed by atoms with van der Waals surface area (Å²) >= 11 is 0. The first kappa shape index (κ1) is 20.8. The van der Waals surface area contributed by atoms with Gasteiger partial charge in [-0.3, -0.25) is 4.79 Å². The molecule has 0 aromatic carbocycles. The van der Waals surface area contributed by atoms with E-state index in [1.54, 1.807) is 0 Å². The van der Waals surface area contributed by atoms with Gasteiger partial charge in [-0.05, 0) is 64.5 Å². The highest BCUT2D eigenvalue weighted by Crippen LogP contribution is 2.38. The highest BCUT2D eigenvalue weighted by molar-refractivity contribution is 5.91. The maximum atomic E-state index is 12.0. The molecule has 28 heavy (non-hydrogen) atoms. The molecule has 154 valence electrons. The van der Waals surface area contributed by atoms with Gasteiger partial charge in [0.05, 0.1) is 0 Å². The summed E-state index contributed by atoms with van der Waals surface area (Å²) in [6.07, 6.45) is 6.66. The number of hydrogen-bond acceptors (Lipinski definition) is 6. The predicted octanol–water partition coefficient (Wildman–Crippen LogP) is 3.96. The third-order valence-electron chi connectivity index (χ3n) is 6.05. The largest absolute Gasteiger partial charge is 0.459 e. The molecule has 0 spiro atoms. The molecule has 6 nitrogen and oxygen atoms in total. The molecule has 6 heteroatoms. The van der Waals surface area contributed by atoms with Crippen LogP contribution in [0.5, 0.6) is 0 Å². The first-order valence-electron chi connectivity index (χ1n) is 9.95. The zero-order chi connectivity index (χ0) is 20.5. The number of hydrogen-bond donors (Lipinski definition) is 0. The van der Waals surface area contributed by atoms with Crippen LogP contribution in [0.1, 0.15) is 59.8 Å². The predicted molar refractivity (Wildman–Crippen MR) is 103 cm³/mol. The Kier molecular flexibility index (Phi) is 6.10. The van der Waals surface area contributed by atoms with E-state index >= 15 is 0 Å². The van der Waals surface area contributed by atoms with Gasteiger partial charge in [-0.1, -0.05) is 18.2 Å². The average Bonchev–Trinajstić information content (AvgIpc) is 2.89. The van der Waals surface area contributed by atoms with E-state index in [2.05, 4.69) is 12.7 Å². The van der Waals surface area contributed by atoms with Crippen LogP contribution in [0.2, 0.25) is 0 Å². The molecule has 0 N–H and O–H groups in total. The Labute approximate surface area is 166 Å². The maximum absolute atomic E-state index is 12.0. The van der Waals surface area contributed by atoms with Crippen molar-refractivity contribution in [1.29, 1.82) is 0 Å². The summed E-state index contributed by atoms with van der Waals surface area (Å²) in [6, 6.07) is 0. The number of carbonyl (C=O) groups is 2. The summed E-state index contributed by atoms with van der Waals surface area (Å²) in [4.78, 5) is 35.2. The molecule has 0 radical (unpaired) electrons. The summed E-state index contributed by atoms with van der Waals surface area (Å²) in [7, 11) is 0. The van der Waals surface area contributed by atoms with E-state index in [4.69, 9.17) is 19.2 Å². The van der Waals surface area contributed by atoms with Crippen molar-refractivity contribution >= 4 is 11.9 Å². The summed E-state index contributed by atoms with van der Waals surface area (Å²) in [5.74, 6) is -0.753. The Bertz CT molecular complexity index is 711. The van der Waals surface area contributed by atoms with Crippen LogP contribution in [-0.2, 0) is 28.8 Å². The van der Waals surface area contributed by atoms with Gasteiger partial charge in [-0.15, -0.1) is 0 Å². The highest BCUT2D eigenvalue weighted by Gasteiger charge is 2.44. The lowest BCUT2D eigenvalue weighted by Gasteiger charge is -2.41. The minimum absolute atomic E-state index is 0.0839. The quantitative estimate of drug-likeness (QED) is 0.292. The van der Waals surface area contributed by atoms with Crippen LogP contribution in [0.3, 0.4) is 0 Å². The van der Waals surface area contributed by atoms with Crippen LogP contribution in [0.25, 0.3) is 0 Å². The van der Waals surface area contributed by atoms with E-state index in [-0.39, 0.29) is 30.1 Å². The Morgan fingerprint density at radius 1 is 1.32 bits per heavy atom. The SMILES string of the molecule is C=C1C(=O)O[C@H]2C=C(C)CC[C@H](OC(C)=O)[C@@]3(C)CC[C@H](OO3)C(C)=CC[C@@H]12. The Morgan fingerprint density at radius 2 is 2.07 bits per heavy atom. The molecule has 3 heterocycles. The number of rotatable bonds is 1. The highest BCUT2D eigenvalue weighted by atomic mass is 17.2. The molecule has 2 fully saturated rings. The van der Waals surface area contributed by atoms with Crippen LogP contribution in [0.15, 0.2) is 35.5 Å². The van der Waals surface area contributed by atoms with Crippen molar-refractivity contribution in [2.75, 3.05) is 0 Å². The van der Waals surface area contributed by atoms with Crippen LogP contribution < -0.4 is 0 Å². The van der Waals surface area contributed by atoms with Gasteiger partial charge in [0.1, 0.15) is 23.9 Å². The van der Waals surface area contributed by atoms with Gasteiger partial charge in [-0.2, -0.15) is 0 Å². The van der Waals surface area contributed by atoms with E-state index in [9.17, 15) is 9.59 Å². The van der Waals surface area contributed by atoms with Gasteiger partial charge >= 0.3 is 11.9 Å². The maximum Gasteiger partial charge on any atom is 0.334 e. The topological polar surface area (TPSA) is 71.1 Å². The first-order valence-corrected chi connectivity index (χ1v) is 9.95. The molecule has 1 aliphatic carbocycles. The van der Waals surface area contributed by atoms with Crippen LogP contribution in [-0.4, -0.2) is 35.9 Å². The minimum Gasteiger partial charge on any atom is -0.459 e. The van der Waals surface area contributed by atoms with Gasteiger partial charge < -0.3 is 9.47 Å². The average molecular weight is 390 g/mol.